The predicted octanol–water partition coefficient (Wildman–Crippen LogP) is 2.68. The van der Waals surface area contributed by atoms with Crippen LogP contribution in [0.4, 0.5) is 10.1 Å². The average molecular weight is 363 g/mol. The van der Waals surface area contributed by atoms with E-state index in [4.69, 9.17) is 0 Å². The molecule has 2 amide bonds. The number of carbonyl (C=O) groups is 2. The molecule has 0 saturated heterocycles. The molecule has 0 radical (unpaired) electrons. The van der Waals surface area contributed by atoms with Crippen LogP contribution in [0, 0.1) is 15.9 Å². The van der Waals surface area contributed by atoms with Gasteiger partial charge in [0.15, 0.2) is 0 Å². The number of non-ortho nitro benzene ring substituents is 1. The summed E-state index contributed by atoms with van der Waals surface area (Å²) < 4.78 is 13.5. The summed E-state index contributed by atoms with van der Waals surface area (Å²) in [6.45, 7) is 1.61. The lowest BCUT2D eigenvalue weighted by atomic mass is 10.2. The Kier molecular flexibility index (Phi) is 6.07. The van der Waals surface area contributed by atoms with Crippen molar-refractivity contribution in [3.63, 3.8) is 0 Å². The third-order valence-corrected chi connectivity index (χ3v) is 4.26. The van der Waals surface area contributed by atoms with Crippen molar-refractivity contribution in [2.24, 2.45) is 0 Å². The molecule has 130 valence electrons. The first-order valence-corrected chi connectivity index (χ1v) is 8.02. The first-order valence-electron chi connectivity index (χ1n) is 7.14. The number of halogens is 1. The van der Waals surface area contributed by atoms with Crippen LogP contribution in [0.3, 0.4) is 0 Å². The fourth-order valence-corrected chi connectivity index (χ4v) is 2.70. The number of benzene rings is 2. The zero-order valence-electron chi connectivity index (χ0n) is 13.1. The van der Waals surface area contributed by atoms with Crippen LogP contribution in [0.2, 0.25) is 0 Å². The third kappa shape index (κ3) is 5.01. The van der Waals surface area contributed by atoms with Crippen LogP contribution >= 0.6 is 11.8 Å². The normalized spacial score (nSPS) is 11.4. The van der Waals surface area contributed by atoms with Crippen molar-refractivity contribution in [2.45, 2.75) is 17.1 Å². The summed E-state index contributed by atoms with van der Waals surface area (Å²) in [5.41, 5.74) is 4.15. The highest BCUT2D eigenvalue weighted by Crippen LogP contribution is 2.25. The zero-order valence-corrected chi connectivity index (χ0v) is 13.9. The number of nitro benzene ring substituents is 1. The van der Waals surface area contributed by atoms with E-state index in [1.54, 1.807) is 6.92 Å². The number of hydrazine groups is 1. The van der Waals surface area contributed by atoms with Gasteiger partial charge < -0.3 is 0 Å². The molecule has 2 aromatic rings. The Bertz CT molecular complexity index is 798. The first-order chi connectivity index (χ1) is 11.9. The van der Waals surface area contributed by atoms with Crippen molar-refractivity contribution >= 4 is 29.3 Å². The number of hydrogen-bond acceptors (Lipinski definition) is 5. The molecule has 2 aromatic carbocycles. The molecule has 0 aliphatic rings. The molecule has 0 bridgehead atoms. The van der Waals surface area contributed by atoms with E-state index in [9.17, 15) is 24.1 Å². The lowest BCUT2D eigenvalue weighted by Gasteiger charge is -2.13. The van der Waals surface area contributed by atoms with Gasteiger partial charge in [-0.15, -0.1) is 11.8 Å². The largest absolute Gasteiger partial charge is 0.272 e. The fourth-order valence-electron chi connectivity index (χ4n) is 1.84. The van der Waals surface area contributed by atoms with Gasteiger partial charge in [-0.2, -0.15) is 0 Å². The molecule has 9 heteroatoms. The first kappa shape index (κ1) is 18.4. The van der Waals surface area contributed by atoms with Crippen LogP contribution in [0.25, 0.3) is 0 Å². The number of nitrogens with zero attached hydrogens (tertiary/aromatic N) is 1. The van der Waals surface area contributed by atoms with Crippen LogP contribution in [0.5, 0.6) is 0 Å². The van der Waals surface area contributed by atoms with Gasteiger partial charge in [0.25, 0.3) is 17.5 Å². The van der Waals surface area contributed by atoms with Gasteiger partial charge >= 0.3 is 0 Å². The number of rotatable bonds is 5. The van der Waals surface area contributed by atoms with Gasteiger partial charge in [-0.1, -0.05) is 12.1 Å². The molecule has 0 fully saturated rings. The van der Waals surface area contributed by atoms with Gasteiger partial charge in [-0.05, 0) is 31.2 Å². The number of amides is 2. The predicted molar refractivity (Wildman–Crippen MR) is 90.4 cm³/mol. The lowest BCUT2D eigenvalue weighted by molar-refractivity contribution is -0.384. The number of thioether (sulfide) groups is 1. The quantitative estimate of drug-likeness (QED) is 0.483. The summed E-state index contributed by atoms with van der Waals surface area (Å²) in [5, 5.41) is 10.0. The Morgan fingerprint density at radius 2 is 1.76 bits per heavy atom. The second kappa shape index (κ2) is 8.25. The Morgan fingerprint density at radius 1 is 1.12 bits per heavy atom. The summed E-state index contributed by atoms with van der Waals surface area (Å²) in [4.78, 5) is 34.6. The van der Waals surface area contributed by atoms with Crippen molar-refractivity contribution in [2.75, 3.05) is 0 Å². The maximum atomic E-state index is 13.5. The molecule has 25 heavy (non-hydrogen) atoms. The van der Waals surface area contributed by atoms with Gasteiger partial charge in [0, 0.05) is 17.0 Å². The molecule has 0 aliphatic carbocycles. The van der Waals surface area contributed by atoms with Gasteiger partial charge in [-0.25, -0.2) is 4.39 Å². The van der Waals surface area contributed by atoms with Crippen molar-refractivity contribution < 1.29 is 18.9 Å². The Labute approximate surface area is 146 Å². The number of hydrogen-bond donors (Lipinski definition) is 2. The monoisotopic (exact) mass is 363 g/mol. The van der Waals surface area contributed by atoms with Crippen molar-refractivity contribution in [1.82, 2.24) is 10.9 Å². The SMILES string of the molecule is CC(Sc1ccc([N+](=O)[O-])cc1)C(=O)NNC(=O)c1ccccc1F. The summed E-state index contributed by atoms with van der Waals surface area (Å²) >= 11 is 1.16. The fraction of sp³-hybridized carbons (Fsp3) is 0.125. The topological polar surface area (TPSA) is 101 Å². The van der Waals surface area contributed by atoms with Crippen LogP contribution in [-0.2, 0) is 4.79 Å². The van der Waals surface area contributed by atoms with E-state index in [2.05, 4.69) is 10.9 Å². The maximum absolute atomic E-state index is 13.5. The van der Waals surface area contributed by atoms with Crippen molar-refractivity contribution in [3.8, 4) is 0 Å². The van der Waals surface area contributed by atoms with E-state index in [0.29, 0.717) is 4.90 Å². The van der Waals surface area contributed by atoms with E-state index in [1.165, 1.54) is 42.5 Å². The molecule has 0 aliphatic heterocycles. The summed E-state index contributed by atoms with van der Waals surface area (Å²) in [6, 6.07) is 11.1. The van der Waals surface area contributed by atoms with E-state index in [-0.39, 0.29) is 11.3 Å². The van der Waals surface area contributed by atoms with Gasteiger partial charge in [0.1, 0.15) is 5.82 Å². The summed E-state index contributed by atoms with van der Waals surface area (Å²) in [5.74, 6) is -1.95. The summed E-state index contributed by atoms with van der Waals surface area (Å²) in [7, 11) is 0. The van der Waals surface area contributed by atoms with Crippen LogP contribution in [0.1, 0.15) is 17.3 Å². The van der Waals surface area contributed by atoms with E-state index < -0.39 is 27.8 Å². The van der Waals surface area contributed by atoms with Crippen LogP contribution < -0.4 is 10.9 Å². The van der Waals surface area contributed by atoms with Gasteiger partial charge in [0.05, 0.1) is 15.7 Å². The molecule has 0 aromatic heterocycles. The lowest BCUT2D eigenvalue weighted by Crippen LogP contribution is -2.45. The highest BCUT2D eigenvalue weighted by atomic mass is 32.2. The molecule has 2 rings (SSSR count). The van der Waals surface area contributed by atoms with E-state index in [1.807, 2.05) is 0 Å². The minimum atomic E-state index is -0.765. The number of carbonyl (C=O) groups excluding carboxylic acids is 2. The molecular formula is C16H14FN3O4S. The third-order valence-electron chi connectivity index (χ3n) is 3.15. The molecule has 1 unspecified atom stereocenters. The summed E-state index contributed by atoms with van der Waals surface area (Å²) in [6.07, 6.45) is 0. The van der Waals surface area contributed by atoms with Crippen LogP contribution in [0.15, 0.2) is 53.4 Å². The van der Waals surface area contributed by atoms with Crippen LogP contribution in [-0.4, -0.2) is 22.0 Å². The Balaban J connectivity index is 1.89. The molecule has 1 atom stereocenters. The average Bonchev–Trinajstić information content (AvgIpc) is 2.60. The Morgan fingerprint density at radius 3 is 2.36 bits per heavy atom. The Hall–Kier alpha value is -2.94. The zero-order chi connectivity index (χ0) is 18.4. The van der Waals surface area contributed by atoms with E-state index in [0.717, 1.165) is 17.8 Å². The minimum absolute atomic E-state index is 0.0430. The molecule has 2 N–H and O–H groups in total. The molecule has 0 spiro atoms. The molecule has 7 nitrogen and oxygen atoms in total. The maximum Gasteiger partial charge on any atom is 0.272 e. The number of nitrogens with one attached hydrogen (secondary N) is 2. The smallest absolute Gasteiger partial charge is 0.272 e. The standard InChI is InChI=1S/C16H14FN3O4S/c1-10(25-12-8-6-11(7-9-12)20(23)24)15(21)18-19-16(22)13-4-2-3-5-14(13)17/h2-10H,1H3,(H,18,21)(H,19,22). The second-order valence-corrected chi connectivity index (χ2v) is 6.35. The molecular weight excluding hydrogens is 349 g/mol. The van der Waals surface area contributed by atoms with E-state index >= 15 is 0 Å². The number of nitro groups is 1. The highest BCUT2D eigenvalue weighted by Gasteiger charge is 2.17. The second-order valence-electron chi connectivity index (χ2n) is 4.93. The minimum Gasteiger partial charge on any atom is -0.272 e. The van der Waals surface area contributed by atoms with Gasteiger partial charge in [-0.3, -0.25) is 30.6 Å². The van der Waals surface area contributed by atoms with Crippen molar-refractivity contribution in [1.29, 1.82) is 0 Å². The molecule has 0 saturated carbocycles. The van der Waals surface area contributed by atoms with Gasteiger partial charge in [0.2, 0.25) is 0 Å². The molecule has 0 heterocycles. The highest BCUT2D eigenvalue weighted by molar-refractivity contribution is 8.00. The van der Waals surface area contributed by atoms with Crippen molar-refractivity contribution in [3.05, 3.63) is 70.0 Å².